The van der Waals surface area contributed by atoms with E-state index in [0.717, 1.165) is 0 Å². The van der Waals surface area contributed by atoms with Crippen LogP contribution < -0.4 is 0 Å². The number of carboxylic acid groups (broad SMARTS) is 1. The first-order chi connectivity index (χ1) is 6.25. The Morgan fingerprint density at radius 3 is 2.69 bits per heavy atom. The highest BCUT2D eigenvalue weighted by Gasteiger charge is 2.05. The number of carbonyl (C=O) groups is 1. The molecule has 0 saturated heterocycles. The molecule has 0 fully saturated rings. The zero-order chi connectivity index (χ0) is 9.68. The van der Waals surface area contributed by atoms with Crippen LogP contribution in [0, 0.1) is 24.2 Å². The van der Waals surface area contributed by atoms with Crippen molar-refractivity contribution in [3.8, 4) is 24.2 Å². The van der Waals surface area contributed by atoms with E-state index in [2.05, 4.69) is 17.8 Å². The molecule has 13 heavy (non-hydrogen) atoms. The minimum Gasteiger partial charge on any atom is -0.478 e. The average Bonchev–Trinajstić information content (AvgIpc) is 2.15. The summed E-state index contributed by atoms with van der Waals surface area (Å²) in [7, 11) is 0. The fourth-order valence-corrected chi connectivity index (χ4v) is 0.882. The molecule has 1 aromatic carbocycles. The summed E-state index contributed by atoms with van der Waals surface area (Å²) in [4.78, 5) is 10.7. The number of rotatable bonds is 1. The molecule has 62 valence electrons. The molecule has 2 heteroatoms. The third-order valence-corrected chi connectivity index (χ3v) is 1.43. The van der Waals surface area contributed by atoms with Gasteiger partial charge in [0.2, 0.25) is 0 Å². The van der Waals surface area contributed by atoms with Crippen LogP contribution in [-0.4, -0.2) is 11.1 Å². The largest absolute Gasteiger partial charge is 0.478 e. The Balaban J connectivity index is 3.22. The van der Waals surface area contributed by atoms with Gasteiger partial charge in [0, 0.05) is 5.56 Å². The van der Waals surface area contributed by atoms with Gasteiger partial charge in [-0.3, -0.25) is 0 Å². The molecule has 0 radical (unpaired) electrons. The number of benzene rings is 1. The number of terminal acetylenes is 1. The SMILES string of the molecule is C#CC#Cc1ccccc1C(=O)O. The number of hydrogen-bond donors (Lipinski definition) is 1. The van der Waals surface area contributed by atoms with Crippen molar-refractivity contribution in [2.24, 2.45) is 0 Å². The van der Waals surface area contributed by atoms with E-state index >= 15 is 0 Å². The number of carboxylic acids is 1. The molecule has 0 atom stereocenters. The Hall–Kier alpha value is -2.19. The minimum atomic E-state index is -0.998. The van der Waals surface area contributed by atoms with Gasteiger partial charge in [-0.1, -0.05) is 18.1 Å². The summed E-state index contributed by atoms with van der Waals surface area (Å²) in [6.07, 6.45) is 4.93. The maximum atomic E-state index is 10.7. The van der Waals surface area contributed by atoms with Gasteiger partial charge < -0.3 is 5.11 Å². The summed E-state index contributed by atoms with van der Waals surface area (Å²) in [6.45, 7) is 0. The Morgan fingerprint density at radius 2 is 2.08 bits per heavy atom. The molecular weight excluding hydrogens is 164 g/mol. The average molecular weight is 170 g/mol. The Bertz CT molecular complexity index is 427. The van der Waals surface area contributed by atoms with E-state index < -0.39 is 5.97 Å². The molecule has 0 spiro atoms. The van der Waals surface area contributed by atoms with Gasteiger partial charge in [0.05, 0.1) is 5.56 Å². The molecule has 1 aromatic rings. The van der Waals surface area contributed by atoms with Crippen LogP contribution in [0.4, 0.5) is 0 Å². The summed E-state index contributed by atoms with van der Waals surface area (Å²) in [5, 5.41) is 8.75. The van der Waals surface area contributed by atoms with E-state index in [4.69, 9.17) is 11.5 Å². The van der Waals surface area contributed by atoms with Crippen molar-refractivity contribution in [1.29, 1.82) is 0 Å². The highest BCUT2D eigenvalue weighted by Crippen LogP contribution is 2.06. The lowest BCUT2D eigenvalue weighted by Crippen LogP contribution is -1.98. The van der Waals surface area contributed by atoms with Crippen LogP contribution in [0.15, 0.2) is 24.3 Å². The lowest BCUT2D eigenvalue weighted by atomic mass is 10.1. The molecular formula is C11H6O2. The topological polar surface area (TPSA) is 37.3 Å². The molecule has 0 aliphatic heterocycles. The first-order valence-electron chi connectivity index (χ1n) is 3.54. The molecule has 0 heterocycles. The predicted molar refractivity (Wildman–Crippen MR) is 49.1 cm³/mol. The van der Waals surface area contributed by atoms with Gasteiger partial charge in [0.1, 0.15) is 0 Å². The third kappa shape index (κ3) is 2.12. The van der Waals surface area contributed by atoms with E-state index in [0.29, 0.717) is 5.56 Å². The van der Waals surface area contributed by atoms with Crippen LogP contribution in [0.25, 0.3) is 0 Å². The molecule has 0 unspecified atom stereocenters. The summed E-state index contributed by atoms with van der Waals surface area (Å²) in [5.41, 5.74) is 0.609. The lowest BCUT2D eigenvalue weighted by Gasteiger charge is -1.95. The molecule has 0 aliphatic rings. The van der Waals surface area contributed by atoms with Crippen LogP contribution in [0.3, 0.4) is 0 Å². The molecule has 0 aliphatic carbocycles. The van der Waals surface area contributed by atoms with E-state index in [1.54, 1.807) is 18.2 Å². The van der Waals surface area contributed by atoms with E-state index in [1.807, 2.05) is 0 Å². The molecule has 2 nitrogen and oxygen atoms in total. The minimum absolute atomic E-state index is 0.172. The van der Waals surface area contributed by atoms with E-state index in [-0.39, 0.29) is 5.56 Å². The highest BCUT2D eigenvalue weighted by atomic mass is 16.4. The van der Waals surface area contributed by atoms with Gasteiger partial charge in [0.25, 0.3) is 0 Å². The second-order valence-corrected chi connectivity index (χ2v) is 2.25. The van der Waals surface area contributed by atoms with E-state index in [1.165, 1.54) is 6.07 Å². The summed E-state index contributed by atoms with van der Waals surface area (Å²) in [6, 6.07) is 6.47. The molecule has 1 N–H and O–H groups in total. The second-order valence-electron chi connectivity index (χ2n) is 2.25. The van der Waals surface area contributed by atoms with Crippen molar-refractivity contribution in [2.75, 3.05) is 0 Å². The lowest BCUT2D eigenvalue weighted by molar-refractivity contribution is 0.0696. The van der Waals surface area contributed by atoms with Crippen molar-refractivity contribution in [1.82, 2.24) is 0 Å². The van der Waals surface area contributed by atoms with Crippen molar-refractivity contribution in [2.45, 2.75) is 0 Å². The first kappa shape index (κ1) is 8.90. The molecule has 1 rings (SSSR count). The van der Waals surface area contributed by atoms with Gasteiger partial charge in [-0.25, -0.2) is 4.79 Å². The maximum absolute atomic E-state index is 10.7. The van der Waals surface area contributed by atoms with Crippen LogP contribution in [0.5, 0.6) is 0 Å². The van der Waals surface area contributed by atoms with Gasteiger partial charge in [0.15, 0.2) is 0 Å². The monoisotopic (exact) mass is 170 g/mol. The first-order valence-corrected chi connectivity index (χ1v) is 3.54. The Labute approximate surface area is 76.2 Å². The van der Waals surface area contributed by atoms with Gasteiger partial charge in [-0.05, 0) is 24.0 Å². The van der Waals surface area contributed by atoms with Crippen molar-refractivity contribution in [3.05, 3.63) is 35.4 Å². The zero-order valence-electron chi connectivity index (χ0n) is 6.74. The summed E-state index contributed by atoms with van der Waals surface area (Å²) < 4.78 is 0. The fourth-order valence-electron chi connectivity index (χ4n) is 0.882. The van der Waals surface area contributed by atoms with Crippen LogP contribution in [0.1, 0.15) is 15.9 Å². The maximum Gasteiger partial charge on any atom is 0.336 e. The Morgan fingerprint density at radius 1 is 1.38 bits per heavy atom. The molecule has 0 aromatic heterocycles. The van der Waals surface area contributed by atoms with Crippen molar-refractivity contribution < 1.29 is 9.90 Å². The van der Waals surface area contributed by atoms with Crippen LogP contribution in [-0.2, 0) is 0 Å². The normalized spacial score (nSPS) is 7.92. The molecule has 0 amide bonds. The molecule has 0 saturated carbocycles. The van der Waals surface area contributed by atoms with Crippen LogP contribution >= 0.6 is 0 Å². The quantitative estimate of drug-likeness (QED) is 0.646. The fraction of sp³-hybridized carbons (Fsp3) is 0. The smallest absolute Gasteiger partial charge is 0.336 e. The van der Waals surface area contributed by atoms with Crippen LogP contribution in [0.2, 0.25) is 0 Å². The zero-order valence-corrected chi connectivity index (χ0v) is 6.74. The summed E-state index contributed by atoms with van der Waals surface area (Å²) in [5.74, 6) is 6.08. The van der Waals surface area contributed by atoms with Crippen molar-refractivity contribution in [3.63, 3.8) is 0 Å². The Kier molecular flexibility index (Phi) is 2.73. The van der Waals surface area contributed by atoms with Gasteiger partial charge >= 0.3 is 5.97 Å². The second kappa shape index (κ2) is 3.99. The third-order valence-electron chi connectivity index (χ3n) is 1.43. The predicted octanol–water partition coefficient (Wildman–Crippen LogP) is 1.37. The van der Waals surface area contributed by atoms with Gasteiger partial charge in [-0.2, -0.15) is 0 Å². The number of hydrogen-bond acceptors (Lipinski definition) is 1. The van der Waals surface area contributed by atoms with Gasteiger partial charge in [-0.15, -0.1) is 6.42 Å². The molecule has 0 bridgehead atoms. The number of aromatic carboxylic acids is 1. The van der Waals surface area contributed by atoms with Crippen molar-refractivity contribution >= 4 is 5.97 Å². The standard InChI is InChI=1S/C11H6O2/c1-2-3-6-9-7-4-5-8-10(9)11(12)13/h1,4-5,7-8H,(H,12,13). The van der Waals surface area contributed by atoms with E-state index in [9.17, 15) is 4.79 Å². The highest BCUT2D eigenvalue weighted by molar-refractivity contribution is 5.90. The summed E-state index contributed by atoms with van der Waals surface area (Å²) >= 11 is 0.